The number of ether oxygens (including phenoxy) is 2. The molecule has 3 aromatic carbocycles. The molecule has 0 unspecified atom stereocenters. The third kappa shape index (κ3) is 5.28. The van der Waals surface area contributed by atoms with Gasteiger partial charge in [0.15, 0.2) is 6.61 Å². The maximum absolute atomic E-state index is 12.7. The molecule has 0 atom stereocenters. The Morgan fingerprint density at radius 2 is 1.75 bits per heavy atom. The van der Waals surface area contributed by atoms with Crippen molar-refractivity contribution >= 4 is 22.6 Å². The number of para-hydroxylation sites is 1. The van der Waals surface area contributed by atoms with E-state index in [2.05, 4.69) is 17.4 Å². The summed E-state index contributed by atoms with van der Waals surface area (Å²) in [5.41, 5.74) is 2.88. The quantitative estimate of drug-likeness (QED) is 0.302. The first-order valence-electron chi connectivity index (χ1n) is 12.3. The summed E-state index contributed by atoms with van der Waals surface area (Å²) in [6.45, 7) is -0.145. The predicted molar refractivity (Wildman–Crippen MR) is 141 cm³/mol. The van der Waals surface area contributed by atoms with Crippen molar-refractivity contribution in [2.75, 3.05) is 19.0 Å². The lowest BCUT2D eigenvalue weighted by Crippen LogP contribution is -2.20. The van der Waals surface area contributed by atoms with Gasteiger partial charge in [0.2, 0.25) is 0 Å². The van der Waals surface area contributed by atoms with Crippen molar-refractivity contribution in [1.82, 2.24) is 0 Å². The van der Waals surface area contributed by atoms with E-state index in [4.69, 9.17) is 13.9 Å². The standard InChI is InChI=1S/C30H29NO5/c1-34-28-16-13-22(25-17-23-9-5-6-10-27(23)36-30(25)33)18-26(28)31-29(32)19-35-24-14-11-21(12-15-24)20-7-3-2-4-8-20/h5-6,9-18,20H,2-4,7-8,19H2,1H3,(H,31,32). The van der Waals surface area contributed by atoms with Gasteiger partial charge in [0, 0.05) is 5.39 Å². The van der Waals surface area contributed by atoms with Gasteiger partial charge in [-0.1, -0.05) is 55.7 Å². The van der Waals surface area contributed by atoms with Gasteiger partial charge in [0.25, 0.3) is 5.91 Å². The first kappa shape index (κ1) is 23.7. The summed E-state index contributed by atoms with van der Waals surface area (Å²) in [5, 5.41) is 3.66. The molecule has 1 heterocycles. The van der Waals surface area contributed by atoms with Crippen molar-refractivity contribution in [3.05, 3.63) is 88.8 Å². The minimum atomic E-state index is -0.448. The van der Waals surface area contributed by atoms with Crippen LogP contribution >= 0.6 is 0 Å². The van der Waals surface area contributed by atoms with Crippen molar-refractivity contribution in [2.45, 2.75) is 38.0 Å². The minimum Gasteiger partial charge on any atom is -0.495 e. The number of hydrogen-bond donors (Lipinski definition) is 1. The molecule has 0 bridgehead atoms. The second-order valence-corrected chi connectivity index (χ2v) is 9.14. The Balaban J connectivity index is 1.28. The molecule has 36 heavy (non-hydrogen) atoms. The van der Waals surface area contributed by atoms with E-state index in [9.17, 15) is 9.59 Å². The highest BCUT2D eigenvalue weighted by molar-refractivity contribution is 5.94. The van der Waals surface area contributed by atoms with Crippen molar-refractivity contribution < 1.29 is 18.7 Å². The second kappa shape index (κ2) is 10.7. The molecule has 6 heteroatoms. The fourth-order valence-electron chi connectivity index (χ4n) is 4.84. The lowest BCUT2D eigenvalue weighted by molar-refractivity contribution is -0.118. The molecule has 1 aromatic heterocycles. The smallest absolute Gasteiger partial charge is 0.344 e. The zero-order valence-corrected chi connectivity index (χ0v) is 20.3. The van der Waals surface area contributed by atoms with E-state index in [0.29, 0.717) is 39.8 Å². The molecule has 1 amide bonds. The topological polar surface area (TPSA) is 77.8 Å². The van der Waals surface area contributed by atoms with E-state index in [1.807, 2.05) is 30.3 Å². The average molecular weight is 484 g/mol. The molecule has 184 valence electrons. The predicted octanol–water partition coefficient (Wildman–Crippen LogP) is 6.53. The summed E-state index contributed by atoms with van der Waals surface area (Å²) >= 11 is 0. The van der Waals surface area contributed by atoms with Crippen LogP contribution in [0.2, 0.25) is 0 Å². The van der Waals surface area contributed by atoms with Crippen LogP contribution in [0.1, 0.15) is 43.6 Å². The molecule has 0 saturated heterocycles. The summed E-state index contributed by atoms with van der Waals surface area (Å²) < 4.78 is 16.6. The van der Waals surface area contributed by atoms with E-state index < -0.39 is 5.63 Å². The number of hydrogen-bond acceptors (Lipinski definition) is 5. The molecule has 0 aliphatic heterocycles. The monoisotopic (exact) mass is 483 g/mol. The van der Waals surface area contributed by atoms with Gasteiger partial charge >= 0.3 is 5.63 Å². The fourth-order valence-corrected chi connectivity index (χ4v) is 4.84. The van der Waals surface area contributed by atoms with E-state index >= 15 is 0 Å². The summed E-state index contributed by atoms with van der Waals surface area (Å²) in [6.07, 6.45) is 6.39. The number of anilines is 1. The minimum absolute atomic E-state index is 0.145. The number of rotatable bonds is 7. The van der Waals surface area contributed by atoms with Crippen molar-refractivity contribution in [1.29, 1.82) is 0 Å². The molecule has 1 aliphatic carbocycles. The van der Waals surface area contributed by atoms with Crippen LogP contribution < -0.4 is 20.4 Å². The molecule has 1 saturated carbocycles. The molecule has 1 fully saturated rings. The van der Waals surface area contributed by atoms with Crippen LogP contribution in [0.3, 0.4) is 0 Å². The molecule has 0 spiro atoms. The molecule has 6 nitrogen and oxygen atoms in total. The van der Waals surface area contributed by atoms with Crippen LogP contribution in [0.4, 0.5) is 5.69 Å². The summed E-state index contributed by atoms with van der Waals surface area (Å²) in [7, 11) is 1.53. The van der Waals surface area contributed by atoms with E-state index in [-0.39, 0.29) is 12.5 Å². The third-order valence-electron chi connectivity index (χ3n) is 6.75. The molecule has 5 rings (SSSR count). The van der Waals surface area contributed by atoms with E-state index in [1.165, 1.54) is 44.8 Å². The van der Waals surface area contributed by atoms with Crippen LogP contribution in [-0.4, -0.2) is 19.6 Å². The molecule has 1 N–H and O–H groups in total. The Morgan fingerprint density at radius 3 is 2.53 bits per heavy atom. The Morgan fingerprint density at radius 1 is 0.972 bits per heavy atom. The van der Waals surface area contributed by atoms with Gasteiger partial charge in [-0.05, 0) is 66.3 Å². The molecule has 1 aliphatic rings. The Hall–Kier alpha value is -4.06. The first-order valence-corrected chi connectivity index (χ1v) is 12.3. The van der Waals surface area contributed by atoms with E-state index in [1.54, 1.807) is 30.3 Å². The van der Waals surface area contributed by atoms with Gasteiger partial charge in [0.1, 0.15) is 17.1 Å². The summed E-state index contributed by atoms with van der Waals surface area (Å²) in [5.74, 6) is 1.43. The van der Waals surface area contributed by atoms with Gasteiger partial charge in [-0.3, -0.25) is 4.79 Å². The Labute approximate surface area is 209 Å². The third-order valence-corrected chi connectivity index (χ3v) is 6.75. The normalized spacial score (nSPS) is 13.9. The molecular formula is C30H29NO5. The average Bonchev–Trinajstić information content (AvgIpc) is 2.92. The molecule has 4 aromatic rings. The van der Waals surface area contributed by atoms with Crippen molar-refractivity contribution in [2.24, 2.45) is 0 Å². The zero-order chi connectivity index (χ0) is 24.9. The number of benzene rings is 3. The molecule has 0 radical (unpaired) electrons. The van der Waals surface area contributed by atoms with Crippen LogP contribution in [0.25, 0.3) is 22.1 Å². The highest BCUT2D eigenvalue weighted by Crippen LogP contribution is 2.33. The van der Waals surface area contributed by atoms with Gasteiger partial charge in [0.05, 0.1) is 18.4 Å². The first-order chi connectivity index (χ1) is 17.6. The highest BCUT2D eigenvalue weighted by Gasteiger charge is 2.16. The summed E-state index contributed by atoms with van der Waals surface area (Å²) in [4.78, 5) is 25.3. The zero-order valence-electron chi connectivity index (χ0n) is 20.3. The van der Waals surface area contributed by atoms with Crippen molar-refractivity contribution in [3.63, 3.8) is 0 Å². The number of carbonyl (C=O) groups excluding carboxylic acids is 1. The lowest BCUT2D eigenvalue weighted by Gasteiger charge is -2.22. The van der Waals surface area contributed by atoms with Gasteiger partial charge in [-0.2, -0.15) is 0 Å². The maximum atomic E-state index is 12.7. The van der Waals surface area contributed by atoms with Gasteiger partial charge < -0.3 is 19.2 Å². The number of carbonyl (C=O) groups is 1. The van der Waals surface area contributed by atoms with Gasteiger partial charge in [-0.15, -0.1) is 0 Å². The number of nitrogens with one attached hydrogen (secondary N) is 1. The van der Waals surface area contributed by atoms with Crippen LogP contribution in [0.15, 0.2) is 82.0 Å². The Kier molecular flexibility index (Phi) is 7.03. The van der Waals surface area contributed by atoms with E-state index in [0.717, 1.165) is 5.39 Å². The number of amides is 1. The largest absolute Gasteiger partial charge is 0.495 e. The number of fused-ring (bicyclic) bond motifs is 1. The maximum Gasteiger partial charge on any atom is 0.344 e. The summed E-state index contributed by atoms with van der Waals surface area (Å²) in [6, 6.07) is 22.4. The Bertz CT molecular complexity index is 1420. The van der Waals surface area contributed by atoms with Crippen LogP contribution in [-0.2, 0) is 4.79 Å². The van der Waals surface area contributed by atoms with Crippen LogP contribution in [0, 0.1) is 0 Å². The lowest BCUT2D eigenvalue weighted by atomic mass is 9.84. The fraction of sp³-hybridized carbons (Fsp3) is 0.267. The SMILES string of the molecule is COc1ccc(-c2cc3ccccc3oc2=O)cc1NC(=O)COc1ccc(C2CCCCC2)cc1. The van der Waals surface area contributed by atoms with Gasteiger partial charge in [-0.25, -0.2) is 4.79 Å². The highest BCUT2D eigenvalue weighted by atomic mass is 16.5. The van der Waals surface area contributed by atoms with Crippen molar-refractivity contribution in [3.8, 4) is 22.6 Å². The number of methoxy groups -OCH3 is 1. The molecular weight excluding hydrogens is 454 g/mol. The second-order valence-electron chi connectivity index (χ2n) is 9.14. The van der Waals surface area contributed by atoms with Crippen LogP contribution in [0.5, 0.6) is 11.5 Å².